The predicted molar refractivity (Wildman–Crippen MR) is 122 cm³/mol. The lowest BCUT2D eigenvalue weighted by atomic mass is 10.0. The monoisotopic (exact) mass is 477 g/mol. The molecule has 2 heterocycles. The van der Waals surface area contributed by atoms with Crippen molar-refractivity contribution in [2.24, 2.45) is 0 Å². The molecule has 0 amide bonds. The molecule has 0 aliphatic carbocycles. The van der Waals surface area contributed by atoms with Gasteiger partial charge in [0.1, 0.15) is 11.6 Å². The number of nitrogens with one attached hydrogen (secondary N) is 1. The van der Waals surface area contributed by atoms with Gasteiger partial charge in [0.2, 0.25) is 0 Å². The number of carbonyl (C=O) groups is 1. The van der Waals surface area contributed by atoms with Gasteiger partial charge in [-0.15, -0.1) is 0 Å². The minimum absolute atomic E-state index is 0.245. The van der Waals surface area contributed by atoms with Crippen LogP contribution in [0.5, 0.6) is 11.8 Å². The average molecular weight is 479 g/mol. The summed E-state index contributed by atoms with van der Waals surface area (Å²) in [5, 5.41) is 4.01. The highest BCUT2D eigenvalue weighted by Gasteiger charge is 2.28. The van der Waals surface area contributed by atoms with E-state index in [1.807, 2.05) is 36.4 Å². The second kappa shape index (κ2) is 9.30. The smallest absolute Gasteiger partial charge is 0.318 e. The van der Waals surface area contributed by atoms with E-state index in [9.17, 15) is 4.79 Å². The number of benzene rings is 2. The molecule has 1 aliphatic heterocycles. The topological polar surface area (TPSA) is 73.3 Å². The summed E-state index contributed by atoms with van der Waals surface area (Å²) < 4.78 is 10.8. The fraction of sp³-hybridized carbons (Fsp3) is 0.227. The summed E-state index contributed by atoms with van der Waals surface area (Å²) in [7, 11) is 1.52. The first kappa shape index (κ1) is 21.7. The Balaban J connectivity index is 1.52. The van der Waals surface area contributed by atoms with Crippen molar-refractivity contribution >= 4 is 45.9 Å². The van der Waals surface area contributed by atoms with Crippen LogP contribution < -0.4 is 14.8 Å². The normalized spacial score (nSPS) is 14.6. The number of methoxy groups -OCH3 is 1. The third kappa shape index (κ3) is 5.03. The molecule has 1 aromatic heterocycles. The van der Waals surface area contributed by atoms with Gasteiger partial charge in [-0.25, -0.2) is 0 Å². The first-order valence-electron chi connectivity index (χ1n) is 9.53. The average Bonchev–Trinajstić information content (AvgIpc) is 3.19. The largest absolute Gasteiger partial charge is 0.481 e. The third-order valence-electron chi connectivity index (χ3n) is 4.89. The van der Waals surface area contributed by atoms with Crippen LogP contribution in [0.25, 0.3) is 11.3 Å². The summed E-state index contributed by atoms with van der Waals surface area (Å²) in [4.78, 5) is 20.2. The van der Waals surface area contributed by atoms with Gasteiger partial charge < -0.3 is 14.8 Å². The van der Waals surface area contributed by atoms with Gasteiger partial charge in [0.25, 0.3) is 5.24 Å². The molecular weight excluding hydrogens is 461 g/mol. The summed E-state index contributed by atoms with van der Waals surface area (Å²) in [5.74, 6) is 1.28. The summed E-state index contributed by atoms with van der Waals surface area (Å²) in [6, 6.07) is 13.2. The molecule has 0 fully saturated rings. The zero-order valence-electron chi connectivity index (χ0n) is 16.5. The van der Waals surface area contributed by atoms with Crippen LogP contribution in [0.3, 0.4) is 0 Å². The fourth-order valence-corrected chi connectivity index (χ4v) is 3.96. The molecule has 9 heteroatoms. The van der Waals surface area contributed by atoms with Crippen molar-refractivity contribution in [2.45, 2.75) is 18.9 Å². The number of nitrogens with zero attached hydrogens (tertiary/aromatic N) is 2. The minimum atomic E-state index is -0.649. The second-order valence-electron chi connectivity index (χ2n) is 6.97. The molecule has 0 bridgehead atoms. The van der Waals surface area contributed by atoms with E-state index in [4.69, 9.17) is 44.3 Å². The molecule has 0 spiro atoms. The Kier molecular flexibility index (Phi) is 6.51. The lowest BCUT2D eigenvalue weighted by Crippen LogP contribution is -2.20. The highest BCUT2D eigenvalue weighted by atomic mass is 35.5. The van der Waals surface area contributed by atoms with Gasteiger partial charge >= 0.3 is 6.01 Å². The van der Waals surface area contributed by atoms with Crippen LogP contribution in [0.1, 0.15) is 11.1 Å². The van der Waals surface area contributed by atoms with Crippen molar-refractivity contribution in [2.75, 3.05) is 19.0 Å². The second-order valence-corrected chi connectivity index (χ2v) is 8.19. The fourth-order valence-electron chi connectivity index (χ4n) is 3.34. The van der Waals surface area contributed by atoms with Gasteiger partial charge in [0.05, 0.1) is 12.8 Å². The molecule has 3 aromatic rings. The maximum Gasteiger partial charge on any atom is 0.318 e. The molecule has 0 saturated carbocycles. The molecule has 4 rings (SSSR count). The van der Waals surface area contributed by atoms with Gasteiger partial charge in [-0.2, -0.15) is 9.97 Å². The van der Waals surface area contributed by atoms with Crippen molar-refractivity contribution in [3.8, 4) is 23.0 Å². The van der Waals surface area contributed by atoms with E-state index in [1.54, 1.807) is 6.07 Å². The van der Waals surface area contributed by atoms with Crippen LogP contribution in [0.4, 0.5) is 5.82 Å². The molecule has 1 atom stereocenters. The van der Waals surface area contributed by atoms with Gasteiger partial charge in [0.15, 0.2) is 6.10 Å². The predicted octanol–water partition coefficient (Wildman–Crippen LogP) is 5.18. The summed E-state index contributed by atoms with van der Waals surface area (Å²) in [6.45, 7) is 0.610. The number of ether oxygens (including phenoxy) is 2. The van der Waals surface area contributed by atoms with Gasteiger partial charge in [0, 0.05) is 34.6 Å². The van der Waals surface area contributed by atoms with E-state index in [1.165, 1.54) is 7.11 Å². The summed E-state index contributed by atoms with van der Waals surface area (Å²) in [6.07, 6.45) is 0.478. The number of anilines is 1. The van der Waals surface area contributed by atoms with E-state index >= 15 is 0 Å². The van der Waals surface area contributed by atoms with E-state index in [2.05, 4.69) is 15.3 Å². The van der Waals surface area contributed by atoms with Crippen LogP contribution in [-0.2, 0) is 17.6 Å². The van der Waals surface area contributed by atoms with Crippen LogP contribution in [-0.4, -0.2) is 35.0 Å². The van der Waals surface area contributed by atoms with Gasteiger partial charge in [-0.05, 0) is 59.5 Å². The minimum Gasteiger partial charge on any atom is -0.481 e. The van der Waals surface area contributed by atoms with E-state index in [0.717, 1.165) is 16.7 Å². The van der Waals surface area contributed by atoms with Crippen molar-refractivity contribution in [3.05, 3.63) is 63.6 Å². The molecule has 0 radical (unpaired) electrons. The highest BCUT2D eigenvalue weighted by molar-refractivity contribution is 6.64. The highest BCUT2D eigenvalue weighted by Crippen LogP contribution is 2.34. The molecule has 1 aliphatic rings. The number of fused-ring (bicyclic) bond motifs is 1. The van der Waals surface area contributed by atoms with E-state index in [-0.39, 0.29) is 6.01 Å². The third-order valence-corrected chi connectivity index (χ3v) is 5.72. The zero-order valence-corrected chi connectivity index (χ0v) is 18.8. The lowest BCUT2D eigenvalue weighted by molar-refractivity contribution is -0.117. The Morgan fingerprint density at radius 3 is 2.77 bits per heavy atom. The summed E-state index contributed by atoms with van der Waals surface area (Å²) >= 11 is 17.8. The number of hydrogen-bond acceptors (Lipinski definition) is 6. The first-order chi connectivity index (χ1) is 14.9. The molecule has 0 saturated heterocycles. The number of carbonyl (C=O) groups excluding carboxylic acids is 1. The number of aromatic nitrogens is 2. The van der Waals surface area contributed by atoms with Crippen molar-refractivity contribution in [3.63, 3.8) is 0 Å². The Bertz CT molecular complexity index is 1140. The zero-order chi connectivity index (χ0) is 22.0. The van der Waals surface area contributed by atoms with Gasteiger partial charge in [-0.1, -0.05) is 29.3 Å². The Morgan fingerprint density at radius 1 is 1.19 bits per heavy atom. The molecule has 1 unspecified atom stereocenters. The van der Waals surface area contributed by atoms with Gasteiger partial charge in [-0.3, -0.25) is 4.79 Å². The molecule has 31 heavy (non-hydrogen) atoms. The van der Waals surface area contributed by atoms with Crippen molar-refractivity contribution in [1.82, 2.24) is 9.97 Å². The number of rotatable bonds is 7. The van der Waals surface area contributed by atoms with Crippen LogP contribution >= 0.6 is 34.8 Å². The van der Waals surface area contributed by atoms with Crippen LogP contribution in [0.2, 0.25) is 10.0 Å². The van der Waals surface area contributed by atoms with Crippen molar-refractivity contribution in [1.29, 1.82) is 0 Å². The van der Waals surface area contributed by atoms with Crippen LogP contribution in [0, 0.1) is 0 Å². The van der Waals surface area contributed by atoms with Crippen LogP contribution in [0.15, 0.2) is 42.5 Å². The first-order valence-corrected chi connectivity index (χ1v) is 10.7. The molecule has 160 valence electrons. The molecule has 1 N–H and O–H groups in total. The quantitative estimate of drug-likeness (QED) is 0.472. The molecule has 6 nitrogen and oxygen atoms in total. The van der Waals surface area contributed by atoms with Crippen molar-refractivity contribution < 1.29 is 14.3 Å². The van der Waals surface area contributed by atoms with E-state index in [0.29, 0.717) is 46.7 Å². The maximum atomic E-state index is 11.4. The SMILES string of the molecule is COc1nc(NCCc2ccc(Cl)cc2Cl)cc(-c2ccc3c(c2)CC(C(=O)Cl)O3)n1. The number of hydrogen-bond donors (Lipinski definition) is 1. The standard InChI is InChI=1S/C22H18Cl3N3O3/c1-30-22-27-17(13-3-5-18-14(8-13)9-19(31-18)21(25)29)11-20(28-22)26-7-6-12-2-4-15(23)10-16(12)24/h2-5,8,10-11,19H,6-7,9H2,1H3,(H,26,27,28). The summed E-state index contributed by atoms with van der Waals surface area (Å²) in [5.41, 5.74) is 3.43. The number of halogens is 3. The maximum absolute atomic E-state index is 11.4. The Morgan fingerprint density at radius 2 is 2.03 bits per heavy atom. The van der Waals surface area contributed by atoms with E-state index < -0.39 is 11.3 Å². The Labute approximate surface area is 194 Å². The molecular formula is C22H18Cl3N3O3. The lowest BCUT2D eigenvalue weighted by Gasteiger charge is -2.11. The Hall–Kier alpha value is -2.54. The molecule has 2 aromatic carbocycles.